The van der Waals surface area contributed by atoms with Gasteiger partial charge in [-0.1, -0.05) is 80.6 Å². The largest absolute Gasteiger partial charge is 0.453 e. The summed E-state index contributed by atoms with van der Waals surface area (Å²) in [5.74, 6) is 0.779. The normalized spacial score (nSPS) is 22.5. The summed E-state index contributed by atoms with van der Waals surface area (Å²) in [6.45, 7) is 6.46. The third kappa shape index (κ3) is 9.01. The number of aromatic amines is 1. The van der Waals surface area contributed by atoms with Crippen molar-refractivity contribution in [3.05, 3.63) is 102 Å². The number of hydrogen-bond acceptors (Lipinski definition) is 10. The van der Waals surface area contributed by atoms with Crippen molar-refractivity contribution in [1.82, 2.24) is 35.7 Å². The minimum Gasteiger partial charge on any atom is -0.453 e. The van der Waals surface area contributed by atoms with Crippen molar-refractivity contribution in [2.24, 2.45) is 16.8 Å². The van der Waals surface area contributed by atoms with Gasteiger partial charge in [-0.05, 0) is 95.1 Å². The number of fused-ring (bicyclic) bond motifs is 4. The van der Waals surface area contributed by atoms with Crippen molar-refractivity contribution < 1.29 is 33.4 Å². The smallest absolute Gasteiger partial charge is 0.407 e. The van der Waals surface area contributed by atoms with E-state index in [4.69, 9.17) is 24.2 Å². The molecule has 15 nitrogen and oxygen atoms in total. The van der Waals surface area contributed by atoms with Gasteiger partial charge in [-0.3, -0.25) is 19.4 Å². The Morgan fingerprint density at radius 3 is 2.33 bits per heavy atom. The number of ether oxygens (including phenoxy) is 3. The first-order valence-corrected chi connectivity index (χ1v) is 23.7. The maximum Gasteiger partial charge on any atom is 0.407 e. The number of hydrogen-bond donors (Lipinski definition) is 4. The molecular weight excluding hydrogens is 849 g/mol. The molecule has 4 N–H and O–H groups in total. The Morgan fingerprint density at radius 1 is 0.851 bits per heavy atom. The Labute approximate surface area is 389 Å². The molecule has 67 heavy (non-hydrogen) atoms. The molecule has 4 aromatic carbocycles. The fourth-order valence-electron chi connectivity index (χ4n) is 10.3. The molecule has 2 unspecified atom stereocenters. The van der Waals surface area contributed by atoms with Gasteiger partial charge in [0.25, 0.3) is 0 Å². The summed E-state index contributed by atoms with van der Waals surface area (Å²) in [6.07, 6.45) is 11.2. The highest BCUT2D eigenvalue weighted by atomic mass is 16.6. The summed E-state index contributed by atoms with van der Waals surface area (Å²) < 4.78 is 15.6. The molecule has 10 rings (SSSR count). The van der Waals surface area contributed by atoms with Gasteiger partial charge in [-0.2, -0.15) is 0 Å². The summed E-state index contributed by atoms with van der Waals surface area (Å²) in [5, 5.41) is 13.8. The van der Waals surface area contributed by atoms with Crippen molar-refractivity contribution in [2.45, 2.75) is 82.3 Å². The lowest BCUT2D eigenvalue weighted by molar-refractivity contribution is -0.151. The molecule has 0 saturated carbocycles. The van der Waals surface area contributed by atoms with Gasteiger partial charge in [-0.25, -0.2) is 9.78 Å². The van der Waals surface area contributed by atoms with E-state index in [1.165, 1.54) is 7.11 Å². The van der Waals surface area contributed by atoms with E-state index < -0.39 is 18.2 Å². The van der Waals surface area contributed by atoms with Crippen LogP contribution in [0.5, 0.6) is 0 Å². The predicted octanol–water partition coefficient (Wildman–Crippen LogP) is 6.65. The summed E-state index contributed by atoms with van der Waals surface area (Å²) in [5.41, 5.74) is 5.11. The van der Waals surface area contributed by atoms with Crippen LogP contribution in [0.25, 0.3) is 43.7 Å². The molecule has 0 bridgehead atoms. The molecule has 0 radical (unpaired) electrons. The SMILES string of the molecule is COC(=O)N[C@H](C(=O)N1CCC[C@H]1c1nc2c(ccc3cc(-c4ccc5cc(C6CN=C([C@@H]7CCCN7C(=O)[C@H](NC(=O)COC7COC7)C7C=CC=CC7)N6)ccc5c4)ccc32)[nH]1)C(C)C. The number of likely N-dealkylation sites (tertiary alicyclic amines) is 2. The van der Waals surface area contributed by atoms with Crippen molar-refractivity contribution in [2.75, 3.05) is 46.6 Å². The zero-order valence-electron chi connectivity index (χ0n) is 38.2. The maximum atomic E-state index is 14.3. The van der Waals surface area contributed by atoms with Crippen LogP contribution in [0, 0.1) is 11.8 Å². The van der Waals surface area contributed by atoms with Gasteiger partial charge in [0, 0.05) is 24.4 Å². The molecule has 5 heterocycles. The number of amides is 4. The van der Waals surface area contributed by atoms with E-state index in [0.29, 0.717) is 39.3 Å². The van der Waals surface area contributed by atoms with E-state index in [1.807, 2.05) is 48.0 Å². The lowest BCUT2D eigenvalue weighted by atomic mass is 9.91. The maximum absolute atomic E-state index is 14.3. The molecule has 1 aliphatic carbocycles. The molecule has 4 amide bonds. The van der Waals surface area contributed by atoms with E-state index >= 15 is 0 Å². The number of nitrogens with zero attached hydrogens (tertiary/aromatic N) is 4. The average Bonchev–Trinajstić information content (AvgIpc) is 4.18. The molecule has 3 fully saturated rings. The van der Waals surface area contributed by atoms with Crippen LogP contribution in [-0.2, 0) is 28.6 Å². The van der Waals surface area contributed by atoms with Gasteiger partial charge >= 0.3 is 6.09 Å². The minimum absolute atomic E-state index is 0.0242. The van der Waals surface area contributed by atoms with Crippen LogP contribution in [0.4, 0.5) is 4.79 Å². The van der Waals surface area contributed by atoms with Gasteiger partial charge in [-0.15, -0.1) is 0 Å². The number of allylic oxidation sites excluding steroid dienone is 3. The molecule has 15 heteroatoms. The molecule has 1 aromatic heterocycles. The number of nitrogens with one attached hydrogen (secondary N) is 4. The fraction of sp³-hybridized carbons (Fsp3) is 0.423. The number of imidazole rings is 1. The van der Waals surface area contributed by atoms with Gasteiger partial charge in [0.15, 0.2) is 0 Å². The zero-order chi connectivity index (χ0) is 46.2. The summed E-state index contributed by atoms with van der Waals surface area (Å²) in [6, 6.07) is 21.9. The van der Waals surface area contributed by atoms with Gasteiger partial charge in [0.1, 0.15) is 36.5 Å². The van der Waals surface area contributed by atoms with E-state index in [1.54, 1.807) is 0 Å². The van der Waals surface area contributed by atoms with Crippen LogP contribution in [0.2, 0.25) is 0 Å². The number of rotatable bonds is 13. The highest BCUT2D eigenvalue weighted by Crippen LogP contribution is 2.36. The number of H-pyrrole nitrogens is 1. The number of benzene rings is 4. The van der Waals surface area contributed by atoms with Crippen LogP contribution < -0.4 is 16.0 Å². The number of amidine groups is 1. The topological polar surface area (TPSA) is 180 Å². The number of carbonyl (C=O) groups excluding carboxylic acids is 4. The first kappa shape index (κ1) is 44.3. The lowest BCUT2D eigenvalue weighted by Gasteiger charge is -2.33. The van der Waals surface area contributed by atoms with Crippen molar-refractivity contribution in [3.8, 4) is 11.1 Å². The number of aliphatic imine (C=N–C) groups is 1. The molecule has 4 aliphatic heterocycles. The highest BCUT2D eigenvalue weighted by molar-refractivity contribution is 6.06. The average molecular weight is 907 g/mol. The number of alkyl carbamates (subject to hydrolysis) is 1. The van der Waals surface area contributed by atoms with Gasteiger partial charge in [0.05, 0.1) is 56.0 Å². The Morgan fingerprint density at radius 2 is 1.58 bits per heavy atom. The summed E-state index contributed by atoms with van der Waals surface area (Å²) in [7, 11) is 1.30. The van der Waals surface area contributed by atoms with Crippen LogP contribution >= 0.6 is 0 Å². The number of aromatic nitrogens is 2. The van der Waals surface area contributed by atoms with Crippen molar-refractivity contribution >= 4 is 62.2 Å². The van der Waals surface area contributed by atoms with Crippen LogP contribution in [0.15, 0.2) is 96.0 Å². The molecule has 5 aromatic rings. The number of methoxy groups -OCH3 is 1. The summed E-state index contributed by atoms with van der Waals surface area (Å²) >= 11 is 0. The molecule has 0 spiro atoms. The Hall–Kier alpha value is -6.58. The molecule has 5 aliphatic rings. The zero-order valence-corrected chi connectivity index (χ0v) is 38.2. The Balaban J connectivity index is 0.811. The van der Waals surface area contributed by atoms with Crippen LogP contribution in [-0.4, -0.2) is 120 Å². The van der Waals surface area contributed by atoms with Crippen LogP contribution in [0.1, 0.15) is 69.4 Å². The Bertz CT molecular complexity index is 2810. The third-order valence-electron chi connectivity index (χ3n) is 14.0. The molecule has 3 saturated heterocycles. The van der Waals surface area contributed by atoms with Crippen molar-refractivity contribution in [3.63, 3.8) is 0 Å². The first-order chi connectivity index (χ1) is 32.6. The van der Waals surface area contributed by atoms with E-state index in [2.05, 4.69) is 87.7 Å². The minimum atomic E-state index is -0.703. The van der Waals surface area contributed by atoms with Crippen LogP contribution in [0.3, 0.4) is 0 Å². The van der Waals surface area contributed by atoms with E-state index in [9.17, 15) is 19.2 Å². The Kier molecular flexibility index (Phi) is 12.5. The molecule has 6 atom stereocenters. The molecule has 348 valence electrons. The third-order valence-corrected chi connectivity index (χ3v) is 14.0. The molecular formula is C52H58N8O7. The second-order valence-corrected chi connectivity index (χ2v) is 18.7. The fourth-order valence-corrected chi connectivity index (χ4v) is 10.3. The monoisotopic (exact) mass is 906 g/mol. The second-order valence-electron chi connectivity index (χ2n) is 18.7. The quantitative estimate of drug-likeness (QED) is 0.101. The first-order valence-electron chi connectivity index (χ1n) is 23.7. The van der Waals surface area contributed by atoms with E-state index in [-0.39, 0.29) is 60.4 Å². The highest BCUT2D eigenvalue weighted by Gasteiger charge is 2.41. The predicted molar refractivity (Wildman–Crippen MR) is 256 cm³/mol. The standard InChI is InChI=1S/C52H58N8O7/c1-30(2)45(58-52(64)65-3)50(62)60-22-8-12-43(60)49-54-40-20-18-36-24-35(17-19-39(36)47(40)57-49)32-13-14-34-25-37(16-15-33(34)23-32)41-26-53-48(55-41)42-11-7-21-59(42)51(63)46(31-9-5-4-6-10-31)56-44(61)29-67-38-27-66-28-38/h4-6,9,13-20,23-25,30-31,38,41-43,45-46H,7-8,10-12,21-22,26-29H2,1-3H3,(H,53,55)(H,54,57)(H,56,61)(H,58,64)/t31?,41?,42-,43-,45-,46+/m0/s1. The van der Waals surface area contributed by atoms with Gasteiger partial charge in [0.2, 0.25) is 17.7 Å². The number of carbonyl (C=O) groups is 4. The summed E-state index contributed by atoms with van der Waals surface area (Å²) in [4.78, 5) is 70.5. The van der Waals surface area contributed by atoms with Gasteiger partial charge < -0.3 is 44.9 Å². The van der Waals surface area contributed by atoms with Crippen molar-refractivity contribution in [1.29, 1.82) is 0 Å². The van der Waals surface area contributed by atoms with E-state index in [0.717, 1.165) is 86.6 Å². The lowest BCUT2D eigenvalue weighted by Crippen LogP contribution is -2.56. The second kappa shape index (κ2) is 19.0.